The number of ether oxygens (including phenoxy) is 1. The maximum Gasteiger partial charge on any atom is 0.315 e. The zero-order valence-corrected chi connectivity index (χ0v) is 9.11. The van der Waals surface area contributed by atoms with Gasteiger partial charge in [-0.2, -0.15) is 0 Å². The molecule has 0 aromatic heterocycles. The quantitative estimate of drug-likeness (QED) is 0.675. The lowest BCUT2D eigenvalue weighted by Gasteiger charge is -2.43. The zero-order valence-electron chi connectivity index (χ0n) is 9.11. The number of hydrogen-bond acceptors (Lipinski definition) is 4. The third-order valence-electron chi connectivity index (χ3n) is 3.33. The smallest absolute Gasteiger partial charge is 0.315 e. The van der Waals surface area contributed by atoms with Crippen LogP contribution in [-0.2, 0) is 9.53 Å². The molecule has 0 unspecified atom stereocenters. The number of hydrogen-bond donors (Lipinski definition) is 1. The Balaban J connectivity index is 1.88. The van der Waals surface area contributed by atoms with Gasteiger partial charge in [0.05, 0.1) is 13.2 Å². The van der Waals surface area contributed by atoms with Crippen LogP contribution < -0.4 is 0 Å². The van der Waals surface area contributed by atoms with Crippen LogP contribution in [0.5, 0.6) is 0 Å². The maximum atomic E-state index is 11.1. The van der Waals surface area contributed by atoms with Crippen molar-refractivity contribution in [1.82, 2.24) is 9.80 Å². The van der Waals surface area contributed by atoms with Crippen molar-refractivity contribution >= 4 is 5.97 Å². The first-order valence-corrected chi connectivity index (χ1v) is 5.34. The summed E-state index contributed by atoms with van der Waals surface area (Å²) in [7, 11) is 2.09. The SMILES string of the molecule is CN1CCN(CC2(C(=O)O)COC2)CC1. The second kappa shape index (κ2) is 4.08. The number of carboxylic acid groups (broad SMARTS) is 1. The van der Waals surface area contributed by atoms with E-state index in [2.05, 4.69) is 16.8 Å². The topological polar surface area (TPSA) is 53.0 Å². The van der Waals surface area contributed by atoms with Crippen LogP contribution in [0.1, 0.15) is 0 Å². The molecule has 5 heteroatoms. The molecule has 0 aromatic rings. The summed E-state index contributed by atoms with van der Waals surface area (Å²) < 4.78 is 5.04. The van der Waals surface area contributed by atoms with Crippen molar-refractivity contribution in [2.75, 3.05) is 53.0 Å². The molecule has 15 heavy (non-hydrogen) atoms. The van der Waals surface area contributed by atoms with Crippen molar-refractivity contribution in [3.8, 4) is 0 Å². The molecule has 0 aliphatic carbocycles. The predicted molar refractivity (Wildman–Crippen MR) is 54.8 cm³/mol. The van der Waals surface area contributed by atoms with Crippen LogP contribution >= 0.6 is 0 Å². The fourth-order valence-corrected chi connectivity index (χ4v) is 2.06. The molecule has 5 nitrogen and oxygen atoms in total. The van der Waals surface area contributed by atoms with Crippen LogP contribution in [0.4, 0.5) is 0 Å². The van der Waals surface area contributed by atoms with Crippen LogP contribution in [0, 0.1) is 5.41 Å². The van der Waals surface area contributed by atoms with E-state index in [0.717, 1.165) is 26.2 Å². The lowest BCUT2D eigenvalue weighted by Crippen LogP contribution is -2.58. The monoisotopic (exact) mass is 214 g/mol. The number of carboxylic acids is 1. The summed E-state index contributed by atoms with van der Waals surface area (Å²) >= 11 is 0. The molecular formula is C10H18N2O3. The lowest BCUT2D eigenvalue weighted by atomic mass is 9.85. The van der Waals surface area contributed by atoms with Gasteiger partial charge >= 0.3 is 5.97 Å². The highest BCUT2D eigenvalue weighted by atomic mass is 16.5. The number of rotatable bonds is 3. The van der Waals surface area contributed by atoms with Gasteiger partial charge in [-0.25, -0.2) is 0 Å². The van der Waals surface area contributed by atoms with E-state index in [9.17, 15) is 4.79 Å². The minimum absolute atomic E-state index is 0.370. The molecule has 2 heterocycles. The van der Waals surface area contributed by atoms with Crippen LogP contribution in [0.2, 0.25) is 0 Å². The molecule has 2 aliphatic rings. The summed E-state index contributed by atoms with van der Waals surface area (Å²) in [5.74, 6) is -0.715. The second-order valence-corrected chi connectivity index (χ2v) is 4.66. The molecule has 1 N–H and O–H groups in total. The Morgan fingerprint density at radius 2 is 1.93 bits per heavy atom. The van der Waals surface area contributed by atoms with Gasteiger partial charge in [0.25, 0.3) is 0 Å². The summed E-state index contributed by atoms with van der Waals surface area (Å²) in [5, 5.41) is 9.15. The molecular weight excluding hydrogens is 196 g/mol. The third kappa shape index (κ3) is 2.14. The predicted octanol–water partition coefficient (Wildman–Crippen LogP) is -0.665. The van der Waals surface area contributed by atoms with Crippen LogP contribution in [0.15, 0.2) is 0 Å². The van der Waals surface area contributed by atoms with Gasteiger partial charge in [-0.1, -0.05) is 0 Å². The summed E-state index contributed by atoms with van der Waals surface area (Å²) in [5.41, 5.74) is -0.629. The normalized spacial score (nSPS) is 27.3. The zero-order chi connectivity index (χ0) is 10.9. The fourth-order valence-electron chi connectivity index (χ4n) is 2.06. The Bertz CT molecular complexity index is 245. The van der Waals surface area contributed by atoms with E-state index in [4.69, 9.17) is 9.84 Å². The summed E-state index contributed by atoms with van der Waals surface area (Å²) in [6.45, 7) is 5.35. The van der Waals surface area contributed by atoms with Gasteiger partial charge in [-0.15, -0.1) is 0 Å². The van der Waals surface area contributed by atoms with Crippen LogP contribution in [0.3, 0.4) is 0 Å². The molecule has 0 amide bonds. The minimum Gasteiger partial charge on any atom is -0.481 e. The highest BCUT2D eigenvalue weighted by Crippen LogP contribution is 2.29. The summed E-state index contributed by atoms with van der Waals surface area (Å²) in [6, 6.07) is 0. The largest absolute Gasteiger partial charge is 0.481 e. The highest BCUT2D eigenvalue weighted by molar-refractivity contribution is 5.76. The molecule has 2 aliphatic heterocycles. The van der Waals surface area contributed by atoms with Gasteiger partial charge in [0.15, 0.2) is 0 Å². The summed E-state index contributed by atoms with van der Waals surface area (Å²) in [6.07, 6.45) is 0. The highest BCUT2D eigenvalue weighted by Gasteiger charge is 2.47. The van der Waals surface area contributed by atoms with E-state index in [1.54, 1.807) is 0 Å². The number of nitrogens with zero attached hydrogens (tertiary/aromatic N) is 2. The fraction of sp³-hybridized carbons (Fsp3) is 0.900. The molecule has 2 rings (SSSR count). The minimum atomic E-state index is -0.715. The van der Waals surface area contributed by atoms with E-state index >= 15 is 0 Å². The van der Waals surface area contributed by atoms with E-state index < -0.39 is 11.4 Å². The maximum absolute atomic E-state index is 11.1. The first-order valence-electron chi connectivity index (χ1n) is 5.34. The van der Waals surface area contributed by atoms with Crippen molar-refractivity contribution in [1.29, 1.82) is 0 Å². The lowest BCUT2D eigenvalue weighted by molar-refractivity contribution is -0.184. The molecule has 86 valence electrons. The van der Waals surface area contributed by atoms with Crippen LogP contribution in [-0.4, -0.2) is 73.9 Å². The Morgan fingerprint density at radius 3 is 2.33 bits per heavy atom. The molecule has 0 aromatic carbocycles. The van der Waals surface area contributed by atoms with Crippen molar-refractivity contribution in [2.24, 2.45) is 5.41 Å². The van der Waals surface area contributed by atoms with Gasteiger partial charge in [0.1, 0.15) is 5.41 Å². The van der Waals surface area contributed by atoms with Crippen molar-refractivity contribution in [3.63, 3.8) is 0 Å². The van der Waals surface area contributed by atoms with Crippen molar-refractivity contribution in [2.45, 2.75) is 0 Å². The van der Waals surface area contributed by atoms with Crippen molar-refractivity contribution in [3.05, 3.63) is 0 Å². The van der Waals surface area contributed by atoms with Gasteiger partial charge in [0.2, 0.25) is 0 Å². The first-order chi connectivity index (χ1) is 7.12. The molecule has 0 spiro atoms. The van der Waals surface area contributed by atoms with E-state index in [0.29, 0.717) is 19.8 Å². The Kier molecular flexibility index (Phi) is 2.95. The van der Waals surface area contributed by atoms with Gasteiger partial charge in [-0.05, 0) is 7.05 Å². The van der Waals surface area contributed by atoms with Gasteiger partial charge in [-0.3, -0.25) is 9.69 Å². The van der Waals surface area contributed by atoms with Crippen molar-refractivity contribution < 1.29 is 14.6 Å². The standard InChI is InChI=1S/C10H18N2O3/c1-11-2-4-12(5-3-11)6-10(9(13)14)7-15-8-10/h2-8H2,1H3,(H,13,14). The molecule has 0 atom stereocenters. The molecule has 0 saturated carbocycles. The van der Waals surface area contributed by atoms with Gasteiger partial charge in [0, 0.05) is 32.7 Å². The molecule has 2 fully saturated rings. The number of aliphatic carboxylic acids is 1. The first kappa shape index (κ1) is 10.9. The number of carbonyl (C=O) groups is 1. The number of likely N-dealkylation sites (N-methyl/N-ethyl adjacent to an activating group) is 1. The average Bonchev–Trinajstić information content (AvgIpc) is 2.13. The molecule has 0 radical (unpaired) electrons. The molecule has 0 bridgehead atoms. The Hall–Kier alpha value is -0.650. The number of piperazine rings is 1. The summed E-state index contributed by atoms with van der Waals surface area (Å²) in [4.78, 5) is 15.6. The second-order valence-electron chi connectivity index (χ2n) is 4.66. The van der Waals surface area contributed by atoms with E-state index in [1.165, 1.54) is 0 Å². The Morgan fingerprint density at radius 1 is 1.33 bits per heavy atom. The third-order valence-corrected chi connectivity index (χ3v) is 3.33. The van der Waals surface area contributed by atoms with E-state index in [-0.39, 0.29) is 0 Å². The van der Waals surface area contributed by atoms with E-state index in [1.807, 2.05) is 0 Å². The van der Waals surface area contributed by atoms with Crippen LogP contribution in [0.25, 0.3) is 0 Å². The average molecular weight is 214 g/mol. The molecule has 2 saturated heterocycles. The Labute approximate surface area is 89.6 Å². The van der Waals surface area contributed by atoms with Gasteiger partial charge < -0.3 is 14.7 Å².